The number of likely N-dealkylation sites (N-methyl/N-ethyl adjacent to an activating group) is 1. The van der Waals surface area contributed by atoms with Crippen LogP contribution in [0, 0.1) is 23.7 Å². The molecule has 0 saturated carbocycles. The number of cyclic esters (lactones) is 1. The van der Waals surface area contributed by atoms with E-state index in [-0.39, 0.29) is 38.0 Å². The number of ether oxygens (including phenoxy) is 6. The number of aliphatic hydroxyl groups excluding tert-OH is 3. The molecule has 6 N–H and O–H groups in total. The van der Waals surface area contributed by atoms with Crippen molar-refractivity contribution in [3.63, 3.8) is 0 Å². The van der Waals surface area contributed by atoms with Gasteiger partial charge >= 0.3 is 5.97 Å². The van der Waals surface area contributed by atoms with Gasteiger partial charge in [0.25, 0.3) is 0 Å². The lowest BCUT2D eigenvalue weighted by atomic mass is 9.73. The largest absolute Gasteiger partial charge is 0.459 e. The molecule has 1 aromatic rings. The Morgan fingerprint density at radius 1 is 0.919 bits per heavy atom. The molecule has 0 spiro atoms. The number of nitrogens with zero attached hydrogens (tertiary/aromatic N) is 2. The van der Waals surface area contributed by atoms with E-state index in [2.05, 4.69) is 10.5 Å². The van der Waals surface area contributed by atoms with Gasteiger partial charge in [-0.1, -0.05) is 63.2 Å². The van der Waals surface area contributed by atoms with Crippen molar-refractivity contribution < 1.29 is 63.6 Å². The number of hydrogen-bond acceptors (Lipinski definition) is 16. The van der Waals surface area contributed by atoms with Gasteiger partial charge in [0.2, 0.25) is 0 Å². The molecule has 4 rings (SSSR count). The van der Waals surface area contributed by atoms with Crippen LogP contribution in [-0.2, 0) is 44.6 Å². The van der Waals surface area contributed by atoms with Gasteiger partial charge in [0.1, 0.15) is 30.5 Å². The van der Waals surface area contributed by atoms with Crippen LogP contribution in [-0.4, -0.2) is 161 Å². The first-order chi connectivity index (χ1) is 29.0. The van der Waals surface area contributed by atoms with Crippen LogP contribution in [0.1, 0.15) is 100 Å². The molecule has 1 unspecified atom stereocenters. The Kier molecular flexibility index (Phi) is 18.8. The van der Waals surface area contributed by atoms with E-state index in [0.717, 1.165) is 5.56 Å². The van der Waals surface area contributed by atoms with Gasteiger partial charge < -0.3 is 69.0 Å². The van der Waals surface area contributed by atoms with Gasteiger partial charge in [-0.15, -0.1) is 0 Å². The zero-order valence-corrected chi connectivity index (χ0v) is 39.4. The van der Waals surface area contributed by atoms with E-state index < -0.39 is 102 Å². The lowest BCUT2D eigenvalue weighted by Gasteiger charge is -2.49. The second kappa shape index (κ2) is 22.2. The maximum absolute atomic E-state index is 14.4. The summed E-state index contributed by atoms with van der Waals surface area (Å²) in [6, 6.07) is 9.62. The maximum Gasteiger partial charge on any atom is 0.311 e. The number of esters is 1. The van der Waals surface area contributed by atoms with E-state index in [1.807, 2.05) is 63.2 Å². The third-order valence-corrected chi connectivity index (χ3v) is 13.6. The first-order valence-electron chi connectivity index (χ1n) is 22.5. The summed E-state index contributed by atoms with van der Waals surface area (Å²) in [5, 5.41) is 67.5. The molecule has 18 atom stereocenters. The summed E-state index contributed by atoms with van der Waals surface area (Å²) in [6.45, 7) is 18.5. The van der Waals surface area contributed by atoms with Crippen molar-refractivity contribution in [2.24, 2.45) is 28.8 Å². The Labute approximate surface area is 369 Å². The minimum atomic E-state index is -1.95. The second-order valence-electron chi connectivity index (χ2n) is 19.1. The Balaban J connectivity index is 1.80. The molecule has 0 amide bonds. The molecule has 3 heterocycles. The molecule has 0 bridgehead atoms. The maximum atomic E-state index is 14.4. The highest BCUT2D eigenvalue weighted by Crippen LogP contribution is 2.41. The predicted molar refractivity (Wildman–Crippen MR) is 233 cm³/mol. The third kappa shape index (κ3) is 12.5. The number of methoxy groups -OCH3 is 1. The van der Waals surface area contributed by atoms with Crippen LogP contribution in [0.15, 0.2) is 35.5 Å². The zero-order chi connectivity index (χ0) is 46.3. The van der Waals surface area contributed by atoms with Gasteiger partial charge in [0.15, 0.2) is 12.6 Å². The SMILES string of the molecule is CC[C@H]1OC(=O)[C@H](C)[C@@H](O[C@H]2C[C@@](C)(OC)[C@@H](O)[C@H](C)O2)[C@H](C)[C@@H](O[C@@H]2O[C@H](C)CC(N(C)C)[C@H]2O)[C@](C)(O)C[C@@H](C)/C(=N\OCCNCc2ccccc2)[C@H](C)[C@@H](O)[C@]1(C)O. The fourth-order valence-corrected chi connectivity index (χ4v) is 9.66. The van der Waals surface area contributed by atoms with Crippen molar-refractivity contribution in [2.45, 2.75) is 186 Å². The van der Waals surface area contributed by atoms with Gasteiger partial charge in [0, 0.05) is 50.4 Å². The molecule has 0 radical (unpaired) electrons. The molecule has 16 nitrogen and oxygen atoms in total. The molecular weight excluding hydrogens is 803 g/mol. The number of benzene rings is 1. The van der Waals surface area contributed by atoms with E-state index in [4.69, 9.17) is 33.3 Å². The standard InChI is InChI=1S/C46H79N3O13/c1-14-34-46(10,55)39(51)28(4)36(48-57-21-20-47-25-32-18-16-15-17-19-32)26(2)23-44(8,54)41(62-43-37(50)33(49(11)12)22-27(3)58-43)29(5)38(30(6)42(53)60-34)61-35-24-45(9,56-13)40(52)31(7)59-35/h15-19,26-31,33-35,37-41,43,47,50-52,54-55H,14,20-25H2,1-13H3/b48-36+/t26-,27-,28+,29+,30-,31+,33?,34-,35+,37-,38+,39-,40+,41-,43+,44-,45-,46-/m1/s1. The highest BCUT2D eigenvalue weighted by Gasteiger charge is 2.53. The summed E-state index contributed by atoms with van der Waals surface area (Å²) >= 11 is 0. The molecule has 0 aromatic heterocycles. The van der Waals surface area contributed by atoms with E-state index in [0.29, 0.717) is 25.2 Å². The molecule has 1 aromatic carbocycles. The molecule has 3 fully saturated rings. The van der Waals surface area contributed by atoms with Crippen molar-refractivity contribution >= 4 is 11.7 Å². The van der Waals surface area contributed by atoms with E-state index >= 15 is 0 Å². The third-order valence-electron chi connectivity index (χ3n) is 13.6. The number of nitrogens with one attached hydrogen (secondary N) is 1. The average molecular weight is 882 g/mol. The van der Waals surface area contributed by atoms with Crippen LogP contribution >= 0.6 is 0 Å². The summed E-state index contributed by atoms with van der Waals surface area (Å²) in [7, 11) is 5.24. The van der Waals surface area contributed by atoms with Crippen molar-refractivity contribution in [3.05, 3.63) is 35.9 Å². The highest BCUT2D eigenvalue weighted by atomic mass is 16.7. The summed E-state index contributed by atoms with van der Waals surface area (Å²) in [5.41, 5.74) is -3.28. The zero-order valence-electron chi connectivity index (χ0n) is 39.4. The normalized spacial score (nSPS) is 43.6. The van der Waals surface area contributed by atoms with Crippen LogP contribution in [0.25, 0.3) is 0 Å². The monoisotopic (exact) mass is 882 g/mol. The molecule has 3 saturated heterocycles. The molecular formula is C46H79N3O13. The highest BCUT2D eigenvalue weighted by molar-refractivity contribution is 5.88. The smallest absolute Gasteiger partial charge is 0.311 e. The fourth-order valence-electron chi connectivity index (χ4n) is 9.66. The Bertz CT molecular complexity index is 1570. The van der Waals surface area contributed by atoms with Gasteiger partial charge in [0.05, 0.1) is 53.4 Å². The number of oxime groups is 1. The Morgan fingerprint density at radius 3 is 2.19 bits per heavy atom. The summed E-state index contributed by atoms with van der Waals surface area (Å²) < 4.78 is 37.9. The number of carbonyl (C=O) groups is 1. The molecule has 356 valence electrons. The average Bonchev–Trinajstić information content (AvgIpc) is 3.22. The van der Waals surface area contributed by atoms with Crippen molar-refractivity contribution in [1.29, 1.82) is 0 Å². The topological polar surface area (TPSA) is 210 Å². The van der Waals surface area contributed by atoms with Crippen LogP contribution in [0.4, 0.5) is 0 Å². The Hall–Kier alpha value is -2.32. The van der Waals surface area contributed by atoms with Gasteiger partial charge in [-0.2, -0.15) is 0 Å². The fraction of sp³-hybridized carbons (Fsp3) is 0.826. The lowest BCUT2D eigenvalue weighted by molar-refractivity contribution is -0.317. The minimum absolute atomic E-state index is 0.00120. The predicted octanol–water partition coefficient (Wildman–Crippen LogP) is 3.38. The first kappa shape index (κ1) is 52.3. The van der Waals surface area contributed by atoms with Gasteiger partial charge in [-0.3, -0.25) is 4.79 Å². The number of rotatable bonds is 13. The summed E-state index contributed by atoms with van der Waals surface area (Å²) in [4.78, 5) is 22.2. The van der Waals surface area contributed by atoms with E-state index in [1.54, 1.807) is 48.5 Å². The van der Waals surface area contributed by atoms with E-state index in [1.165, 1.54) is 14.0 Å². The molecule has 62 heavy (non-hydrogen) atoms. The van der Waals surface area contributed by atoms with Crippen molar-refractivity contribution in [3.8, 4) is 0 Å². The number of carbonyl (C=O) groups excluding carboxylic acids is 1. The van der Waals surface area contributed by atoms with Gasteiger partial charge in [-0.25, -0.2) is 0 Å². The Morgan fingerprint density at radius 2 is 1.58 bits per heavy atom. The lowest BCUT2D eigenvalue weighted by Crippen LogP contribution is -2.61. The molecule has 3 aliphatic heterocycles. The molecule has 16 heteroatoms. The van der Waals surface area contributed by atoms with Gasteiger partial charge in [-0.05, 0) is 80.5 Å². The van der Waals surface area contributed by atoms with Crippen LogP contribution in [0.5, 0.6) is 0 Å². The van der Waals surface area contributed by atoms with Crippen molar-refractivity contribution in [1.82, 2.24) is 10.2 Å². The summed E-state index contributed by atoms with van der Waals surface area (Å²) in [5.74, 6) is -4.04. The minimum Gasteiger partial charge on any atom is -0.459 e. The molecule has 0 aliphatic carbocycles. The van der Waals surface area contributed by atoms with Crippen LogP contribution in [0.2, 0.25) is 0 Å². The van der Waals surface area contributed by atoms with Crippen molar-refractivity contribution in [2.75, 3.05) is 34.4 Å². The quantitative estimate of drug-likeness (QED) is 0.0954. The van der Waals surface area contributed by atoms with Crippen LogP contribution in [0.3, 0.4) is 0 Å². The second-order valence-corrected chi connectivity index (χ2v) is 19.1. The number of aliphatic hydroxyl groups is 5. The number of hydrogen-bond donors (Lipinski definition) is 6. The molecule has 3 aliphatic rings. The summed E-state index contributed by atoms with van der Waals surface area (Å²) in [6.07, 6.45) is -9.34. The first-order valence-corrected chi connectivity index (χ1v) is 22.5. The van der Waals surface area contributed by atoms with Crippen LogP contribution < -0.4 is 5.32 Å². The van der Waals surface area contributed by atoms with E-state index in [9.17, 15) is 30.3 Å².